The number of likely N-dealkylation sites (N-methyl/N-ethyl adjacent to an activating group) is 1. The molecule has 2 amide bonds. The summed E-state index contributed by atoms with van der Waals surface area (Å²) < 4.78 is 1.49. The predicted molar refractivity (Wildman–Crippen MR) is 128 cm³/mol. The molecule has 3 aromatic carbocycles. The Kier molecular flexibility index (Phi) is 5.62. The zero-order valence-corrected chi connectivity index (χ0v) is 18.4. The molecule has 4 aromatic rings. The number of nitrogens with zero attached hydrogens (tertiary/aromatic N) is 3. The first kappa shape index (κ1) is 20.9. The lowest BCUT2D eigenvalue weighted by Crippen LogP contribution is -2.27. The van der Waals surface area contributed by atoms with Crippen LogP contribution in [0.2, 0.25) is 0 Å². The van der Waals surface area contributed by atoms with Crippen LogP contribution in [-0.2, 0) is 19.5 Å². The molecule has 0 saturated carbocycles. The second-order valence-corrected chi connectivity index (χ2v) is 8.39. The summed E-state index contributed by atoms with van der Waals surface area (Å²) in [7, 11) is 2.10. The molecule has 1 aliphatic heterocycles. The molecule has 0 aliphatic carbocycles. The number of benzene rings is 3. The summed E-state index contributed by atoms with van der Waals surface area (Å²) in [6.07, 6.45) is 2.54. The Balaban J connectivity index is 1.25. The SMILES string of the molecule is CN1CCc2ccc(NC(=O)c3cccc(CNC(=O)n4cnc5ccccc54)c3)cc2C1. The van der Waals surface area contributed by atoms with Crippen LogP contribution in [0.25, 0.3) is 11.0 Å². The number of hydrogen-bond donors (Lipinski definition) is 2. The average Bonchev–Trinajstić information content (AvgIpc) is 3.27. The van der Waals surface area contributed by atoms with Crippen molar-refractivity contribution in [1.82, 2.24) is 19.8 Å². The highest BCUT2D eigenvalue weighted by Crippen LogP contribution is 2.22. The van der Waals surface area contributed by atoms with Gasteiger partial charge in [-0.15, -0.1) is 0 Å². The molecule has 2 N–H and O–H groups in total. The van der Waals surface area contributed by atoms with E-state index in [2.05, 4.69) is 39.7 Å². The Morgan fingerprint density at radius 3 is 2.79 bits per heavy atom. The van der Waals surface area contributed by atoms with Crippen molar-refractivity contribution in [2.75, 3.05) is 18.9 Å². The topological polar surface area (TPSA) is 79.3 Å². The summed E-state index contributed by atoms with van der Waals surface area (Å²) in [5.41, 5.74) is 6.29. The predicted octanol–water partition coefficient (Wildman–Crippen LogP) is 4.03. The number of imidazole rings is 1. The molecule has 1 aromatic heterocycles. The van der Waals surface area contributed by atoms with E-state index in [0.717, 1.165) is 41.8 Å². The molecule has 33 heavy (non-hydrogen) atoms. The molecular weight excluding hydrogens is 414 g/mol. The van der Waals surface area contributed by atoms with Gasteiger partial charge in [0.05, 0.1) is 11.0 Å². The standard InChI is InChI=1S/C26H25N5O2/c1-30-12-11-19-9-10-22(14-21(19)16-30)29-25(32)20-6-4-5-18(13-20)15-27-26(33)31-17-28-23-7-2-3-8-24(23)31/h2-10,13-14,17H,11-12,15-16H2,1H3,(H,27,33)(H,29,32). The summed E-state index contributed by atoms with van der Waals surface area (Å²) in [5.74, 6) is -0.173. The Bertz CT molecular complexity index is 1340. The van der Waals surface area contributed by atoms with Crippen LogP contribution < -0.4 is 10.6 Å². The Labute approximate surface area is 192 Å². The highest BCUT2D eigenvalue weighted by molar-refractivity contribution is 6.04. The average molecular weight is 440 g/mol. The number of anilines is 1. The maximum atomic E-state index is 12.8. The third-order valence-corrected chi connectivity index (χ3v) is 5.97. The van der Waals surface area contributed by atoms with Gasteiger partial charge in [-0.05, 0) is 66.6 Å². The normalized spacial score (nSPS) is 13.5. The maximum Gasteiger partial charge on any atom is 0.327 e. The van der Waals surface area contributed by atoms with Crippen molar-refractivity contribution in [1.29, 1.82) is 0 Å². The number of carbonyl (C=O) groups is 2. The quantitative estimate of drug-likeness (QED) is 0.503. The van der Waals surface area contributed by atoms with Gasteiger partial charge in [0, 0.05) is 30.9 Å². The molecule has 0 spiro atoms. The van der Waals surface area contributed by atoms with Crippen molar-refractivity contribution >= 4 is 28.7 Å². The van der Waals surface area contributed by atoms with Crippen molar-refractivity contribution in [3.63, 3.8) is 0 Å². The molecule has 0 atom stereocenters. The van der Waals surface area contributed by atoms with E-state index < -0.39 is 0 Å². The lowest BCUT2D eigenvalue weighted by atomic mass is 9.99. The number of hydrogen-bond acceptors (Lipinski definition) is 4. The van der Waals surface area contributed by atoms with Crippen molar-refractivity contribution in [2.24, 2.45) is 0 Å². The van der Waals surface area contributed by atoms with Gasteiger partial charge < -0.3 is 15.5 Å². The minimum absolute atomic E-state index is 0.173. The van der Waals surface area contributed by atoms with E-state index in [9.17, 15) is 9.59 Å². The van der Waals surface area contributed by atoms with Gasteiger partial charge in [-0.3, -0.25) is 9.36 Å². The maximum absolute atomic E-state index is 12.8. The van der Waals surface area contributed by atoms with E-state index in [0.29, 0.717) is 12.1 Å². The summed E-state index contributed by atoms with van der Waals surface area (Å²) in [6, 6.07) is 20.6. The highest BCUT2D eigenvalue weighted by Gasteiger charge is 2.15. The number of rotatable bonds is 4. The lowest BCUT2D eigenvalue weighted by Gasteiger charge is -2.25. The van der Waals surface area contributed by atoms with Crippen LogP contribution in [0.1, 0.15) is 27.0 Å². The first-order chi connectivity index (χ1) is 16.1. The molecule has 0 bridgehead atoms. The minimum atomic E-state index is -0.266. The second-order valence-electron chi connectivity index (χ2n) is 8.39. The lowest BCUT2D eigenvalue weighted by molar-refractivity contribution is 0.102. The molecule has 2 heterocycles. The second kappa shape index (κ2) is 8.88. The molecule has 7 nitrogen and oxygen atoms in total. The highest BCUT2D eigenvalue weighted by atomic mass is 16.2. The molecule has 1 aliphatic rings. The Morgan fingerprint density at radius 1 is 1.00 bits per heavy atom. The molecule has 0 unspecified atom stereocenters. The molecular formula is C26H25N5O2. The number of nitrogens with one attached hydrogen (secondary N) is 2. The van der Waals surface area contributed by atoms with Gasteiger partial charge in [-0.2, -0.15) is 0 Å². The fraction of sp³-hybridized carbons (Fsp3) is 0.192. The van der Waals surface area contributed by atoms with Gasteiger partial charge >= 0.3 is 6.03 Å². The third kappa shape index (κ3) is 4.49. The van der Waals surface area contributed by atoms with Gasteiger partial charge in [0.1, 0.15) is 6.33 Å². The monoisotopic (exact) mass is 439 g/mol. The van der Waals surface area contributed by atoms with Crippen LogP contribution in [0.15, 0.2) is 73.1 Å². The van der Waals surface area contributed by atoms with Crippen LogP contribution in [0.3, 0.4) is 0 Å². The number of aromatic nitrogens is 2. The zero-order valence-electron chi connectivity index (χ0n) is 18.4. The Hall–Kier alpha value is -3.97. The van der Waals surface area contributed by atoms with E-state index in [4.69, 9.17) is 0 Å². The van der Waals surface area contributed by atoms with Crippen LogP contribution in [0, 0.1) is 0 Å². The van der Waals surface area contributed by atoms with E-state index in [1.165, 1.54) is 22.0 Å². The molecule has 7 heteroatoms. The van der Waals surface area contributed by atoms with Crippen molar-refractivity contribution in [3.8, 4) is 0 Å². The summed E-state index contributed by atoms with van der Waals surface area (Å²) in [6.45, 7) is 2.25. The van der Waals surface area contributed by atoms with Crippen molar-refractivity contribution < 1.29 is 9.59 Å². The van der Waals surface area contributed by atoms with E-state index >= 15 is 0 Å². The van der Waals surface area contributed by atoms with Crippen LogP contribution in [-0.4, -0.2) is 40.0 Å². The number of carbonyl (C=O) groups excluding carboxylic acids is 2. The number of amides is 2. The molecule has 0 radical (unpaired) electrons. The molecule has 5 rings (SSSR count). The van der Waals surface area contributed by atoms with Crippen molar-refractivity contribution in [2.45, 2.75) is 19.5 Å². The van der Waals surface area contributed by atoms with Crippen molar-refractivity contribution in [3.05, 3.63) is 95.3 Å². The van der Waals surface area contributed by atoms with Gasteiger partial charge in [-0.25, -0.2) is 9.78 Å². The largest absolute Gasteiger partial charge is 0.333 e. The number of fused-ring (bicyclic) bond motifs is 2. The van der Waals surface area contributed by atoms with Gasteiger partial charge in [0.2, 0.25) is 0 Å². The summed E-state index contributed by atoms with van der Waals surface area (Å²) in [5, 5.41) is 5.90. The minimum Gasteiger partial charge on any atom is -0.333 e. The van der Waals surface area contributed by atoms with E-state index in [-0.39, 0.29) is 11.9 Å². The van der Waals surface area contributed by atoms with Gasteiger partial charge in [0.15, 0.2) is 0 Å². The molecule has 0 fully saturated rings. The molecule has 0 saturated heterocycles. The Morgan fingerprint density at radius 2 is 1.88 bits per heavy atom. The zero-order chi connectivity index (χ0) is 22.8. The first-order valence-corrected chi connectivity index (χ1v) is 11.0. The summed E-state index contributed by atoms with van der Waals surface area (Å²) >= 11 is 0. The van der Waals surface area contributed by atoms with Crippen LogP contribution >= 0.6 is 0 Å². The van der Waals surface area contributed by atoms with E-state index in [1.807, 2.05) is 42.5 Å². The fourth-order valence-corrected chi connectivity index (χ4v) is 4.19. The van der Waals surface area contributed by atoms with Gasteiger partial charge in [0.25, 0.3) is 5.91 Å². The smallest absolute Gasteiger partial charge is 0.327 e. The first-order valence-electron chi connectivity index (χ1n) is 11.0. The number of para-hydroxylation sites is 2. The summed E-state index contributed by atoms with van der Waals surface area (Å²) in [4.78, 5) is 32.0. The van der Waals surface area contributed by atoms with Crippen LogP contribution in [0.4, 0.5) is 10.5 Å². The van der Waals surface area contributed by atoms with Gasteiger partial charge in [-0.1, -0.05) is 30.3 Å². The van der Waals surface area contributed by atoms with E-state index in [1.54, 1.807) is 12.1 Å². The molecule has 166 valence electrons. The fourth-order valence-electron chi connectivity index (χ4n) is 4.19. The van der Waals surface area contributed by atoms with Crippen LogP contribution in [0.5, 0.6) is 0 Å². The third-order valence-electron chi connectivity index (χ3n) is 5.97.